The van der Waals surface area contributed by atoms with Crippen LogP contribution < -0.4 is 9.47 Å². The van der Waals surface area contributed by atoms with E-state index in [0.717, 1.165) is 35.4 Å². The summed E-state index contributed by atoms with van der Waals surface area (Å²) in [5.74, 6) is -2.86. The first-order chi connectivity index (χ1) is 22.6. The van der Waals surface area contributed by atoms with E-state index in [1.54, 1.807) is 31.2 Å². The zero-order valence-corrected chi connectivity index (χ0v) is 27.0. The van der Waals surface area contributed by atoms with Gasteiger partial charge in [0.25, 0.3) is 6.10 Å². The molecule has 3 rings (SSSR count). The van der Waals surface area contributed by atoms with Gasteiger partial charge in [-0.25, -0.2) is 14.4 Å². The van der Waals surface area contributed by atoms with Gasteiger partial charge in [-0.05, 0) is 72.5 Å². The van der Waals surface area contributed by atoms with Crippen molar-refractivity contribution >= 4 is 17.9 Å². The number of hydrogen-bond donors (Lipinski definition) is 0. The summed E-state index contributed by atoms with van der Waals surface area (Å²) < 4.78 is 60.2. The van der Waals surface area contributed by atoms with Gasteiger partial charge in [0, 0.05) is 0 Å². The van der Waals surface area contributed by atoms with Crippen LogP contribution in [0.4, 0.5) is 13.2 Å². The fourth-order valence-corrected chi connectivity index (χ4v) is 4.61. The maximum absolute atomic E-state index is 13.3. The van der Waals surface area contributed by atoms with Gasteiger partial charge in [0.05, 0.1) is 24.3 Å². The van der Waals surface area contributed by atoms with Gasteiger partial charge in [-0.3, -0.25) is 0 Å². The lowest BCUT2D eigenvalue weighted by Gasteiger charge is -2.19. The van der Waals surface area contributed by atoms with Crippen molar-refractivity contribution in [2.24, 2.45) is 0 Å². The Bertz CT molecular complexity index is 1390. The summed E-state index contributed by atoms with van der Waals surface area (Å²) in [7, 11) is 0. The third kappa shape index (κ3) is 12.8. The number of carbonyl (C=O) groups excluding carboxylic acids is 3. The first-order valence-corrected chi connectivity index (χ1v) is 16.2. The van der Waals surface area contributed by atoms with Crippen molar-refractivity contribution in [1.82, 2.24) is 0 Å². The van der Waals surface area contributed by atoms with Gasteiger partial charge >= 0.3 is 24.1 Å². The molecule has 7 nitrogen and oxygen atoms in total. The van der Waals surface area contributed by atoms with Crippen LogP contribution in [0.1, 0.15) is 98.8 Å². The summed E-state index contributed by atoms with van der Waals surface area (Å²) >= 11 is 0. The minimum atomic E-state index is -5.14. The third-order valence-corrected chi connectivity index (χ3v) is 7.35. The van der Waals surface area contributed by atoms with E-state index in [0.29, 0.717) is 19.4 Å². The highest BCUT2D eigenvalue weighted by Gasteiger charge is 2.49. The minimum absolute atomic E-state index is 0.0598. The molecular formula is C37H43F3O7. The number of ether oxygens (including phenoxy) is 4. The van der Waals surface area contributed by atoms with E-state index >= 15 is 0 Å². The van der Waals surface area contributed by atoms with E-state index in [2.05, 4.69) is 16.4 Å². The number of unbranched alkanes of at least 4 members (excludes halogenated alkanes) is 8. The molecule has 0 spiro atoms. The summed E-state index contributed by atoms with van der Waals surface area (Å²) in [5.41, 5.74) is 1.85. The average molecular weight is 657 g/mol. The van der Waals surface area contributed by atoms with Crippen molar-refractivity contribution in [1.29, 1.82) is 0 Å². The van der Waals surface area contributed by atoms with Gasteiger partial charge in [0.1, 0.15) is 11.5 Å². The zero-order valence-electron chi connectivity index (χ0n) is 27.0. The van der Waals surface area contributed by atoms with E-state index in [-0.39, 0.29) is 23.5 Å². The van der Waals surface area contributed by atoms with Crippen molar-refractivity contribution in [2.45, 2.75) is 90.3 Å². The number of hydrogen-bond acceptors (Lipinski definition) is 7. The molecule has 47 heavy (non-hydrogen) atoms. The Kier molecular flexibility index (Phi) is 15.3. The van der Waals surface area contributed by atoms with Crippen molar-refractivity contribution in [3.8, 4) is 22.6 Å². The van der Waals surface area contributed by atoms with E-state index < -0.39 is 30.2 Å². The first-order valence-electron chi connectivity index (χ1n) is 16.2. The highest BCUT2D eigenvalue weighted by molar-refractivity contribution is 5.93. The fourth-order valence-electron chi connectivity index (χ4n) is 4.61. The quantitative estimate of drug-likeness (QED) is 0.0721. The van der Waals surface area contributed by atoms with Crippen LogP contribution in [0.5, 0.6) is 11.5 Å². The lowest BCUT2D eigenvalue weighted by atomic mass is 10.0. The molecule has 1 atom stereocenters. The molecule has 10 heteroatoms. The summed E-state index contributed by atoms with van der Waals surface area (Å²) in [6.45, 7) is 4.47. The Morgan fingerprint density at radius 2 is 1.09 bits per heavy atom. The van der Waals surface area contributed by atoms with Gasteiger partial charge < -0.3 is 18.9 Å². The number of alkyl halides is 3. The van der Waals surface area contributed by atoms with E-state index in [1.807, 2.05) is 24.3 Å². The number of rotatable bonds is 19. The molecule has 0 N–H and O–H groups in total. The summed E-state index contributed by atoms with van der Waals surface area (Å²) in [5, 5.41) is 0. The molecule has 0 fully saturated rings. The molecule has 0 aliphatic rings. The monoisotopic (exact) mass is 656 g/mol. The zero-order chi connectivity index (χ0) is 34.1. The Hall–Kier alpha value is -4.34. The molecule has 1 unspecified atom stereocenters. The van der Waals surface area contributed by atoms with Gasteiger partial charge in [-0.2, -0.15) is 13.2 Å². The second-order valence-corrected chi connectivity index (χ2v) is 11.2. The van der Waals surface area contributed by atoms with Gasteiger partial charge in [-0.1, -0.05) is 89.5 Å². The van der Waals surface area contributed by atoms with Crippen LogP contribution in [0.15, 0.2) is 72.8 Å². The first kappa shape index (κ1) is 37.1. The number of halogens is 3. The largest absolute Gasteiger partial charge is 0.494 e. The van der Waals surface area contributed by atoms with E-state index in [9.17, 15) is 27.6 Å². The number of esters is 3. The number of benzene rings is 3. The fraction of sp³-hybridized carbons (Fsp3) is 0.432. The predicted octanol–water partition coefficient (Wildman–Crippen LogP) is 9.52. The van der Waals surface area contributed by atoms with Crippen LogP contribution in [0, 0.1) is 0 Å². The third-order valence-electron chi connectivity index (χ3n) is 7.35. The lowest BCUT2D eigenvalue weighted by molar-refractivity contribution is -0.218. The molecule has 0 aromatic heterocycles. The normalized spacial score (nSPS) is 11.9. The molecule has 0 aliphatic heterocycles. The lowest BCUT2D eigenvalue weighted by Crippen LogP contribution is -2.42. The van der Waals surface area contributed by atoms with Gasteiger partial charge in [-0.15, -0.1) is 0 Å². The van der Waals surface area contributed by atoms with E-state index in [1.165, 1.54) is 57.1 Å². The molecule has 3 aromatic carbocycles. The summed E-state index contributed by atoms with van der Waals surface area (Å²) in [4.78, 5) is 36.9. The van der Waals surface area contributed by atoms with Crippen LogP contribution >= 0.6 is 0 Å². The predicted molar refractivity (Wildman–Crippen MR) is 173 cm³/mol. The highest BCUT2D eigenvalue weighted by atomic mass is 19.4. The van der Waals surface area contributed by atoms with Crippen molar-refractivity contribution in [2.75, 3.05) is 13.2 Å². The highest BCUT2D eigenvalue weighted by Crippen LogP contribution is 2.27. The van der Waals surface area contributed by atoms with Crippen molar-refractivity contribution in [3.05, 3.63) is 83.9 Å². The molecule has 254 valence electrons. The van der Waals surface area contributed by atoms with Crippen LogP contribution in [-0.2, 0) is 14.3 Å². The maximum atomic E-state index is 13.3. The molecule has 0 radical (unpaired) electrons. The number of carbonyl (C=O) groups is 3. The molecule has 0 heterocycles. The van der Waals surface area contributed by atoms with Crippen molar-refractivity contribution < 1.29 is 46.5 Å². The van der Waals surface area contributed by atoms with Gasteiger partial charge in [0.2, 0.25) is 0 Å². The average Bonchev–Trinajstić information content (AvgIpc) is 3.06. The van der Waals surface area contributed by atoms with Crippen molar-refractivity contribution in [3.63, 3.8) is 0 Å². The molecule has 0 amide bonds. The molecule has 3 aromatic rings. The summed E-state index contributed by atoms with van der Waals surface area (Å²) in [6, 6.07) is 19.3. The molecular weight excluding hydrogens is 613 g/mol. The second kappa shape index (κ2) is 19.4. The molecule has 0 bridgehead atoms. The smallest absolute Gasteiger partial charge is 0.436 e. The topological polar surface area (TPSA) is 88.1 Å². The standard InChI is InChI=1S/C37H43F3O7/c1-3-5-7-8-9-10-11-12-26-44-31-21-17-28(18-22-31)27-13-15-29(16-14-27)34(41)46-32-23-19-30(20-24-32)35(42)47-33(37(38,39)40)36(43)45-25-6-4-2/h13-24,33H,3-12,25-26H2,1-2H3. The van der Waals surface area contributed by atoms with Crippen LogP contribution in [0.25, 0.3) is 11.1 Å². The van der Waals surface area contributed by atoms with Crippen LogP contribution in [0.3, 0.4) is 0 Å². The Balaban J connectivity index is 1.47. The Labute approximate surface area is 274 Å². The molecule has 0 saturated carbocycles. The second-order valence-electron chi connectivity index (χ2n) is 11.2. The summed E-state index contributed by atoms with van der Waals surface area (Å²) in [6.07, 6.45) is 2.73. The van der Waals surface area contributed by atoms with Crippen LogP contribution in [-0.4, -0.2) is 43.4 Å². The molecule has 0 saturated heterocycles. The minimum Gasteiger partial charge on any atom is -0.494 e. The van der Waals surface area contributed by atoms with E-state index in [4.69, 9.17) is 9.47 Å². The van der Waals surface area contributed by atoms with Gasteiger partial charge in [0.15, 0.2) is 0 Å². The SMILES string of the molecule is CCCCCCCCCCOc1ccc(-c2ccc(C(=O)Oc3ccc(C(=O)OC(C(=O)OCCCC)C(F)(F)F)cc3)cc2)cc1. The Morgan fingerprint density at radius 3 is 1.66 bits per heavy atom. The maximum Gasteiger partial charge on any atom is 0.436 e. The molecule has 0 aliphatic carbocycles. The van der Waals surface area contributed by atoms with Crippen LogP contribution in [0.2, 0.25) is 0 Å². The Morgan fingerprint density at radius 1 is 0.596 bits per heavy atom.